The molecule has 1 saturated carbocycles. The minimum absolute atomic E-state index is 0.0260. The average molecular weight is 525 g/mol. The van der Waals surface area contributed by atoms with E-state index >= 15 is 0 Å². The molecule has 2 aliphatic rings. The Morgan fingerprint density at radius 2 is 1.78 bits per heavy atom. The largest absolute Gasteiger partial charge is 0.492 e. The molecule has 11 heteroatoms. The van der Waals surface area contributed by atoms with Crippen molar-refractivity contribution in [3.05, 3.63) is 65.5 Å². The fourth-order valence-electron chi connectivity index (χ4n) is 5.07. The van der Waals surface area contributed by atoms with Gasteiger partial charge in [-0.1, -0.05) is 18.2 Å². The number of ether oxygens (including phenoxy) is 1. The molecule has 1 aromatic heterocycles. The molecular weight excluding hydrogens is 500 g/mol. The molecule has 198 valence electrons. The van der Waals surface area contributed by atoms with Crippen LogP contribution < -0.4 is 10.1 Å². The van der Waals surface area contributed by atoms with Crippen molar-refractivity contribution in [1.82, 2.24) is 14.9 Å². The molecule has 2 heterocycles. The maximum atomic E-state index is 14.0. The van der Waals surface area contributed by atoms with Gasteiger partial charge >= 0.3 is 12.4 Å². The molecule has 2 aromatic carbocycles. The van der Waals surface area contributed by atoms with Gasteiger partial charge in [0.05, 0.1) is 34.1 Å². The Labute approximate surface area is 208 Å². The molecule has 0 bridgehead atoms. The maximum absolute atomic E-state index is 14.0. The molecule has 0 radical (unpaired) electrons. The van der Waals surface area contributed by atoms with Gasteiger partial charge in [-0.25, -0.2) is 4.98 Å². The first-order chi connectivity index (χ1) is 17.3. The number of nitrogens with zero attached hydrogens (tertiary/aromatic N) is 2. The van der Waals surface area contributed by atoms with E-state index in [0.29, 0.717) is 31.4 Å². The summed E-state index contributed by atoms with van der Waals surface area (Å²) in [6, 6.07) is 6.80. The fourth-order valence-corrected chi connectivity index (χ4v) is 5.07. The van der Waals surface area contributed by atoms with Crippen molar-refractivity contribution >= 4 is 16.6 Å². The molecule has 5 nitrogen and oxygen atoms in total. The number of nitrogens with one attached hydrogen (secondary N) is 1. The molecule has 37 heavy (non-hydrogen) atoms. The number of hydrogen-bond acceptors (Lipinski definition) is 4. The number of halogens is 6. The van der Waals surface area contributed by atoms with E-state index in [0.717, 1.165) is 23.8 Å². The highest BCUT2D eigenvalue weighted by Gasteiger charge is 2.42. The van der Waals surface area contributed by atoms with E-state index in [2.05, 4.69) is 10.3 Å². The van der Waals surface area contributed by atoms with Gasteiger partial charge in [-0.2, -0.15) is 26.3 Å². The summed E-state index contributed by atoms with van der Waals surface area (Å²) >= 11 is 0. The van der Waals surface area contributed by atoms with E-state index in [1.807, 2.05) is 6.08 Å². The number of aliphatic hydroxyl groups is 1. The molecular formula is C26H25F6N3O2. The fraction of sp³-hybridized carbons (Fsp3) is 0.423. The smallest absolute Gasteiger partial charge is 0.418 e. The van der Waals surface area contributed by atoms with Gasteiger partial charge in [0.2, 0.25) is 0 Å². The lowest BCUT2D eigenvalue weighted by Gasteiger charge is -2.41. The monoisotopic (exact) mass is 525 g/mol. The van der Waals surface area contributed by atoms with Crippen LogP contribution in [0.15, 0.2) is 48.8 Å². The summed E-state index contributed by atoms with van der Waals surface area (Å²) in [5, 5.41) is 13.2. The van der Waals surface area contributed by atoms with Crippen LogP contribution in [0.4, 0.5) is 26.3 Å². The Kier molecular flexibility index (Phi) is 6.26. The zero-order valence-electron chi connectivity index (χ0n) is 19.8. The molecule has 0 amide bonds. The Morgan fingerprint density at radius 3 is 2.41 bits per heavy atom. The average Bonchev–Trinajstić information content (AvgIpc) is 3.23. The molecule has 0 spiro atoms. The second-order valence-corrected chi connectivity index (χ2v) is 9.97. The van der Waals surface area contributed by atoms with Crippen molar-refractivity contribution in [1.29, 1.82) is 0 Å². The maximum Gasteiger partial charge on any atom is 0.418 e. The van der Waals surface area contributed by atoms with E-state index in [9.17, 15) is 31.4 Å². The standard InChI is InChI=1S/C26H25F6N3O2/c1-24(36)11-19(12-24)35-14-34-22-10-20(9-21(23(22)35)26(30,31)32)37-13-18-8-16(6-7-33-18)15-2-4-17(5-3-15)25(27,28)29/h2-6,9-10,14,18-19,33,36H,7-8,11-13H2,1H3/t18-,19?,24?/m0/s1. The van der Waals surface area contributed by atoms with Gasteiger partial charge in [-0.3, -0.25) is 0 Å². The van der Waals surface area contributed by atoms with E-state index in [1.54, 1.807) is 6.92 Å². The minimum atomic E-state index is -4.64. The molecule has 1 fully saturated rings. The first kappa shape index (κ1) is 25.6. The van der Waals surface area contributed by atoms with Crippen molar-refractivity contribution < 1.29 is 36.2 Å². The summed E-state index contributed by atoms with van der Waals surface area (Å²) in [4.78, 5) is 4.17. The lowest BCUT2D eigenvalue weighted by atomic mass is 9.77. The van der Waals surface area contributed by atoms with E-state index < -0.39 is 29.1 Å². The second kappa shape index (κ2) is 9.05. The Bertz CT molecular complexity index is 1320. The number of benzene rings is 2. The predicted octanol–water partition coefficient (Wildman–Crippen LogP) is 5.98. The molecule has 3 aromatic rings. The normalized spacial score (nSPS) is 24.6. The predicted molar refractivity (Wildman–Crippen MR) is 125 cm³/mol. The highest BCUT2D eigenvalue weighted by atomic mass is 19.4. The summed E-state index contributed by atoms with van der Waals surface area (Å²) in [5.74, 6) is 0.0260. The summed E-state index contributed by atoms with van der Waals surface area (Å²) in [6.07, 6.45) is -4.68. The van der Waals surface area contributed by atoms with Crippen molar-refractivity contribution in [2.75, 3.05) is 13.2 Å². The van der Waals surface area contributed by atoms with E-state index in [-0.39, 0.29) is 35.5 Å². The first-order valence-electron chi connectivity index (χ1n) is 11.8. The summed E-state index contributed by atoms with van der Waals surface area (Å²) in [7, 11) is 0. The lowest BCUT2D eigenvalue weighted by molar-refractivity contribution is -0.138. The van der Waals surface area contributed by atoms with Crippen molar-refractivity contribution in [3.8, 4) is 5.75 Å². The van der Waals surface area contributed by atoms with Crippen LogP contribution in [0.5, 0.6) is 5.75 Å². The summed E-state index contributed by atoms with van der Waals surface area (Å²) < 4.78 is 87.8. The van der Waals surface area contributed by atoms with Crippen molar-refractivity contribution in [2.24, 2.45) is 0 Å². The number of hydrogen-bond donors (Lipinski definition) is 2. The molecule has 5 rings (SSSR count). The molecule has 0 saturated heterocycles. The van der Waals surface area contributed by atoms with E-state index in [4.69, 9.17) is 4.74 Å². The Hall–Kier alpha value is -3.05. The summed E-state index contributed by atoms with van der Waals surface area (Å²) in [6.45, 7) is 2.16. The minimum Gasteiger partial charge on any atom is -0.492 e. The summed E-state index contributed by atoms with van der Waals surface area (Å²) in [5.41, 5.74) is -0.883. The van der Waals surface area contributed by atoms with Crippen molar-refractivity contribution in [2.45, 2.75) is 56.2 Å². The van der Waals surface area contributed by atoms with Crippen molar-refractivity contribution in [3.63, 3.8) is 0 Å². The van der Waals surface area contributed by atoms with Gasteiger partial charge in [0, 0.05) is 24.7 Å². The third kappa shape index (κ3) is 5.33. The zero-order chi connectivity index (χ0) is 26.6. The van der Waals surface area contributed by atoms with Crippen LogP contribution in [0, 0.1) is 0 Å². The first-order valence-corrected chi connectivity index (χ1v) is 11.8. The molecule has 1 aliphatic carbocycles. The van der Waals surface area contributed by atoms with Gasteiger partial charge < -0.3 is 19.7 Å². The molecule has 0 unspecified atom stereocenters. The molecule has 1 aliphatic heterocycles. The molecule has 1 atom stereocenters. The number of fused-ring (bicyclic) bond motifs is 1. The van der Waals surface area contributed by atoms with Crippen LogP contribution >= 0.6 is 0 Å². The van der Waals surface area contributed by atoms with Crippen LogP contribution in [0.25, 0.3) is 16.6 Å². The van der Waals surface area contributed by atoms with Crippen LogP contribution in [0.1, 0.15) is 48.9 Å². The number of aromatic nitrogens is 2. The van der Waals surface area contributed by atoms with Gasteiger partial charge in [0.25, 0.3) is 0 Å². The third-order valence-corrected chi connectivity index (χ3v) is 6.95. The Morgan fingerprint density at radius 1 is 1.08 bits per heavy atom. The van der Waals surface area contributed by atoms with Gasteiger partial charge in [0.15, 0.2) is 0 Å². The SMILES string of the molecule is CC1(O)CC(n2cnc3cc(OC[C@@H]4CC(c5ccc(C(F)(F)F)cc5)=CCN4)cc(C(F)(F)F)c32)C1. The van der Waals surface area contributed by atoms with Crippen LogP contribution in [-0.2, 0) is 12.4 Å². The second-order valence-electron chi connectivity index (χ2n) is 9.97. The van der Waals surface area contributed by atoms with E-state index in [1.165, 1.54) is 29.1 Å². The highest BCUT2D eigenvalue weighted by Crippen LogP contribution is 2.45. The van der Waals surface area contributed by atoms with Crippen LogP contribution in [0.3, 0.4) is 0 Å². The quantitative estimate of drug-likeness (QED) is 0.402. The van der Waals surface area contributed by atoms with Crippen LogP contribution in [-0.4, -0.2) is 39.5 Å². The zero-order valence-corrected chi connectivity index (χ0v) is 19.8. The highest BCUT2D eigenvalue weighted by molar-refractivity contribution is 5.82. The molecule has 2 N–H and O–H groups in total. The van der Waals surface area contributed by atoms with Gasteiger partial charge in [0.1, 0.15) is 12.4 Å². The number of rotatable bonds is 5. The number of imidazole rings is 1. The van der Waals surface area contributed by atoms with Crippen LogP contribution in [0.2, 0.25) is 0 Å². The van der Waals surface area contributed by atoms with Gasteiger partial charge in [-0.05, 0) is 55.5 Å². The Balaban J connectivity index is 1.31. The topological polar surface area (TPSA) is 59.3 Å². The third-order valence-electron chi connectivity index (χ3n) is 6.95. The van der Waals surface area contributed by atoms with Gasteiger partial charge in [-0.15, -0.1) is 0 Å². The lowest BCUT2D eigenvalue weighted by Crippen LogP contribution is -2.41. The number of alkyl halides is 6.